The third kappa shape index (κ3) is 4.45. The van der Waals surface area contributed by atoms with E-state index in [0.717, 1.165) is 24.8 Å². The summed E-state index contributed by atoms with van der Waals surface area (Å²) in [4.78, 5) is 12.6. The number of carbonyl (C=O) groups excluding carboxylic acids is 1. The molecule has 1 heterocycles. The van der Waals surface area contributed by atoms with E-state index in [1.807, 2.05) is 12.1 Å². The molecule has 7 heteroatoms. The van der Waals surface area contributed by atoms with Gasteiger partial charge in [0.2, 0.25) is 5.91 Å². The molecule has 0 unspecified atom stereocenters. The van der Waals surface area contributed by atoms with Crippen LogP contribution >= 0.6 is 0 Å². The maximum Gasteiger partial charge on any atom is 0.247 e. The van der Waals surface area contributed by atoms with Crippen LogP contribution in [0.5, 0.6) is 0 Å². The molecule has 1 aliphatic heterocycles. The van der Waals surface area contributed by atoms with Gasteiger partial charge >= 0.3 is 0 Å². The standard InChI is InChI=1S/C21H29NO6/c1-3-4-5-13-6-8-14(9-7-13)10-12(2)21(26)22-15-16(23)18(25)20-19(17(15)24)27-11-28-20/h6-10,15-20,23-25H,3-5,11H2,1-2H3,(H,22,26)/b12-10+/t15-,16+,17-,18-,19+,20-/m1/s1. The van der Waals surface area contributed by atoms with Crippen LogP contribution in [0, 0.1) is 0 Å². The summed E-state index contributed by atoms with van der Waals surface area (Å²) in [7, 11) is 0. The fourth-order valence-electron chi connectivity index (χ4n) is 3.70. The molecule has 3 rings (SSSR count). The summed E-state index contributed by atoms with van der Waals surface area (Å²) in [5.74, 6) is -0.428. The molecular weight excluding hydrogens is 362 g/mol. The van der Waals surface area contributed by atoms with Crippen LogP contribution in [0.4, 0.5) is 0 Å². The van der Waals surface area contributed by atoms with Crippen molar-refractivity contribution in [1.82, 2.24) is 5.32 Å². The molecule has 0 aromatic heterocycles. The molecular formula is C21H29NO6. The average molecular weight is 391 g/mol. The first-order valence-corrected chi connectivity index (χ1v) is 9.78. The molecule has 1 aromatic carbocycles. The van der Waals surface area contributed by atoms with Gasteiger partial charge in [0.15, 0.2) is 0 Å². The number of aliphatic hydroxyl groups is 3. The first kappa shape index (κ1) is 21.0. The van der Waals surface area contributed by atoms with Gasteiger partial charge in [0, 0.05) is 5.57 Å². The number of hydrogen-bond acceptors (Lipinski definition) is 6. The van der Waals surface area contributed by atoms with Gasteiger partial charge in [-0.3, -0.25) is 4.79 Å². The first-order valence-electron chi connectivity index (χ1n) is 9.78. The highest BCUT2D eigenvalue weighted by Gasteiger charge is 2.53. The maximum absolute atomic E-state index is 12.6. The van der Waals surface area contributed by atoms with Crippen LogP contribution < -0.4 is 5.32 Å². The number of aryl methyl sites for hydroxylation is 1. The van der Waals surface area contributed by atoms with Crippen LogP contribution in [0.15, 0.2) is 29.8 Å². The zero-order chi connectivity index (χ0) is 20.3. The molecule has 6 atom stereocenters. The van der Waals surface area contributed by atoms with Gasteiger partial charge in [0.1, 0.15) is 37.3 Å². The van der Waals surface area contributed by atoms with Gasteiger partial charge in [-0.1, -0.05) is 37.6 Å². The van der Waals surface area contributed by atoms with Gasteiger partial charge < -0.3 is 30.1 Å². The number of amides is 1. The predicted molar refractivity (Wildman–Crippen MR) is 103 cm³/mol. The average Bonchev–Trinajstić information content (AvgIpc) is 3.19. The number of benzene rings is 1. The molecule has 154 valence electrons. The Labute approximate surface area is 165 Å². The van der Waals surface area contributed by atoms with Gasteiger partial charge in [0.25, 0.3) is 0 Å². The highest BCUT2D eigenvalue weighted by Crippen LogP contribution is 2.30. The van der Waals surface area contributed by atoms with Gasteiger partial charge in [-0.2, -0.15) is 0 Å². The van der Waals surface area contributed by atoms with E-state index in [2.05, 4.69) is 24.4 Å². The lowest BCUT2D eigenvalue weighted by molar-refractivity contribution is -0.155. The monoisotopic (exact) mass is 391 g/mol. The molecule has 1 saturated carbocycles. The van der Waals surface area contributed by atoms with Crippen LogP contribution in [0.25, 0.3) is 6.08 Å². The number of aliphatic hydroxyl groups excluding tert-OH is 3. The van der Waals surface area contributed by atoms with Crippen molar-refractivity contribution in [3.8, 4) is 0 Å². The molecule has 0 radical (unpaired) electrons. The van der Waals surface area contributed by atoms with Crippen molar-refractivity contribution < 1.29 is 29.6 Å². The van der Waals surface area contributed by atoms with Crippen LogP contribution in [-0.2, 0) is 20.7 Å². The molecule has 2 fully saturated rings. The minimum absolute atomic E-state index is 0.0655. The van der Waals surface area contributed by atoms with Crippen molar-refractivity contribution >= 4 is 12.0 Å². The number of rotatable bonds is 6. The molecule has 1 amide bonds. The Bertz CT molecular complexity index is 703. The second-order valence-corrected chi connectivity index (χ2v) is 7.52. The summed E-state index contributed by atoms with van der Waals surface area (Å²) >= 11 is 0. The van der Waals surface area contributed by atoms with Crippen LogP contribution in [0.2, 0.25) is 0 Å². The summed E-state index contributed by atoms with van der Waals surface area (Å²) in [6.45, 7) is 3.75. The highest BCUT2D eigenvalue weighted by molar-refractivity contribution is 5.97. The van der Waals surface area contributed by atoms with E-state index in [9.17, 15) is 20.1 Å². The summed E-state index contributed by atoms with van der Waals surface area (Å²) in [6, 6.07) is 6.98. The number of carbonyl (C=O) groups is 1. The van der Waals surface area contributed by atoms with E-state index < -0.39 is 42.5 Å². The van der Waals surface area contributed by atoms with Gasteiger partial charge in [0.05, 0.1) is 6.04 Å². The van der Waals surface area contributed by atoms with Gasteiger partial charge in [-0.25, -0.2) is 0 Å². The maximum atomic E-state index is 12.6. The first-order chi connectivity index (χ1) is 13.4. The summed E-state index contributed by atoms with van der Waals surface area (Å²) < 4.78 is 10.5. The molecule has 2 aliphatic rings. The summed E-state index contributed by atoms with van der Waals surface area (Å²) in [6.07, 6.45) is -0.306. The minimum Gasteiger partial charge on any atom is -0.388 e. The van der Waals surface area contributed by atoms with Crippen molar-refractivity contribution in [2.75, 3.05) is 6.79 Å². The third-order valence-corrected chi connectivity index (χ3v) is 5.44. The lowest BCUT2D eigenvalue weighted by atomic mass is 9.83. The SMILES string of the molecule is CCCCc1ccc(/C=C(\C)C(=O)N[C@@H]2[C@H](O)[C@@H](O)[C@H]3OCO[C@H]3[C@@H]2O)cc1. The Morgan fingerprint density at radius 3 is 2.39 bits per heavy atom. The quantitative estimate of drug-likeness (QED) is 0.533. The summed E-state index contributed by atoms with van der Waals surface area (Å²) in [5, 5.41) is 33.5. The number of ether oxygens (including phenoxy) is 2. The van der Waals surface area contributed by atoms with E-state index >= 15 is 0 Å². The van der Waals surface area contributed by atoms with Crippen molar-refractivity contribution in [2.24, 2.45) is 0 Å². The second-order valence-electron chi connectivity index (χ2n) is 7.52. The zero-order valence-corrected chi connectivity index (χ0v) is 16.2. The third-order valence-electron chi connectivity index (χ3n) is 5.44. The lowest BCUT2D eigenvalue weighted by Gasteiger charge is -2.41. The molecule has 0 bridgehead atoms. The van der Waals surface area contributed by atoms with Gasteiger partial charge in [-0.05, 0) is 37.0 Å². The Morgan fingerprint density at radius 1 is 1.11 bits per heavy atom. The number of fused-ring (bicyclic) bond motifs is 1. The molecule has 1 aromatic rings. The van der Waals surface area contributed by atoms with Crippen LogP contribution in [-0.4, -0.2) is 64.6 Å². The van der Waals surface area contributed by atoms with E-state index in [4.69, 9.17) is 9.47 Å². The minimum atomic E-state index is -1.35. The fraction of sp³-hybridized carbons (Fsp3) is 0.571. The van der Waals surface area contributed by atoms with E-state index in [0.29, 0.717) is 5.57 Å². The molecule has 7 nitrogen and oxygen atoms in total. The number of nitrogens with one attached hydrogen (secondary N) is 1. The Kier molecular flexibility index (Phi) is 6.85. The molecule has 1 saturated heterocycles. The Balaban J connectivity index is 1.65. The topological polar surface area (TPSA) is 108 Å². The predicted octanol–water partition coefficient (Wildman–Crippen LogP) is 0.755. The summed E-state index contributed by atoms with van der Waals surface area (Å²) in [5.41, 5.74) is 2.59. The number of hydrogen-bond donors (Lipinski definition) is 4. The Hall–Kier alpha value is -1.77. The van der Waals surface area contributed by atoms with Crippen LogP contribution in [0.3, 0.4) is 0 Å². The normalized spacial score (nSPS) is 32.8. The molecule has 4 N–H and O–H groups in total. The van der Waals surface area contributed by atoms with Crippen molar-refractivity contribution in [1.29, 1.82) is 0 Å². The van der Waals surface area contributed by atoms with E-state index in [-0.39, 0.29) is 6.79 Å². The van der Waals surface area contributed by atoms with E-state index in [1.54, 1.807) is 13.0 Å². The van der Waals surface area contributed by atoms with Gasteiger partial charge in [-0.15, -0.1) is 0 Å². The fourth-order valence-corrected chi connectivity index (χ4v) is 3.70. The molecule has 28 heavy (non-hydrogen) atoms. The lowest BCUT2D eigenvalue weighted by Crippen LogP contribution is -2.67. The van der Waals surface area contributed by atoms with Crippen molar-refractivity contribution in [3.05, 3.63) is 41.0 Å². The number of unbranched alkanes of at least 4 members (excludes halogenated alkanes) is 1. The van der Waals surface area contributed by atoms with Crippen molar-refractivity contribution in [2.45, 2.75) is 69.7 Å². The largest absolute Gasteiger partial charge is 0.388 e. The van der Waals surface area contributed by atoms with Crippen molar-refractivity contribution in [3.63, 3.8) is 0 Å². The second kappa shape index (κ2) is 9.15. The zero-order valence-electron chi connectivity index (χ0n) is 16.2. The van der Waals surface area contributed by atoms with E-state index in [1.165, 1.54) is 5.56 Å². The molecule has 1 aliphatic carbocycles. The molecule has 0 spiro atoms. The smallest absolute Gasteiger partial charge is 0.247 e. The van der Waals surface area contributed by atoms with Crippen LogP contribution in [0.1, 0.15) is 37.8 Å². The highest BCUT2D eigenvalue weighted by atomic mass is 16.7. The Morgan fingerprint density at radius 2 is 1.75 bits per heavy atom.